The maximum atomic E-state index is 11.7. The monoisotopic (exact) mass is 370 g/mol. The Morgan fingerprint density at radius 2 is 2.00 bits per heavy atom. The third-order valence-electron chi connectivity index (χ3n) is 7.59. The van der Waals surface area contributed by atoms with Gasteiger partial charge in [-0.25, -0.2) is 0 Å². The van der Waals surface area contributed by atoms with E-state index in [1.54, 1.807) is 0 Å². The second kappa shape index (κ2) is 5.57. The van der Waals surface area contributed by atoms with Crippen molar-refractivity contribution in [1.29, 1.82) is 0 Å². The van der Waals surface area contributed by atoms with Gasteiger partial charge in [0, 0.05) is 19.3 Å². The van der Waals surface area contributed by atoms with Crippen molar-refractivity contribution in [3.8, 4) is 5.75 Å². The highest BCUT2D eigenvalue weighted by Crippen LogP contribution is 2.72. The second-order valence-electron chi connectivity index (χ2n) is 8.93. The lowest BCUT2D eigenvalue weighted by atomic mass is 9.55. The highest BCUT2D eigenvalue weighted by atomic mass is 16.8. The number of benzene rings is 1. The Labute approximate surface area is 159 Å². The molecule has 144 valence electrons. The molecule has 1 aromatic rings. The molecule has 3 fully saturated rings. The van der Waals surface area contributed by atoms with E-state index in [1.165, 1.54) is 25.0 Å². The summed E-state index contributed by atoms with van der Waals surface area (Å²) in [6.07, 6.45) is 5.29. The highest BCUT2D eigenvalue weighted by molar-refractivity contribution is 5.69. The molecular weight excluding hydrogens is 344 g/mol. The Balaban J connectivity index is 1.43. The molecule has 1 aromatic carbocycles. The summed E-state index contributed by atoms with van der Waals surface area (Å²) in [5.41, 5.74) is 2.64. The number of hydrogen-bond donors (Lipinski definition) is 0. The summed E-state index contributed by atoms with van der Waals surface area (Å²) in [4.78, 5) is 22.9. The lowest BCUT2D eigenvalue weighted by Gasteiger charge is -2.51. The first-order valence-corrected chi connectivity index (χ1v) is 10.0. The fourth-order valence-electron chi connectivity index (χ4n) is 6.51. The van der Waals surface area contributed by atoms with E-state index in [9.17, 15) is 9.59 Å². The number of hydrogen-bond acceptors (Lipinski definition) is 5. The SMILES string of the molecule is CC(=O)Oc1ccc2c(c1)CCC1C2CCC2(C)C1CC1OC12OC(C)=O. The van der Waals surface area contributed by atoms with Crippen LogP contribution < -0.4 is 4.74 Å². The first-order valence-electron chi connectivity index (χ1n) is 10.0. The minimum atomic E-state index is -0.673. The molecule has 0 amide bonds. The van der Waals surface area contributed by atoms with Crippen molar-refractivity contribution in [2.75, 3.05) is 0 Å². The van der Waals surface area contributed by atoms with Crippen LogP contribution in [0.4, 0.5) is 0 Å². The summed E-state index contributed by atoms with van der Waals surface area (Å²) in [7, 11) is 0. The quantitative estimate of drug-likeness (QED) is 0.451. The molecular formula is C22H26O5. The fraction of sp³-hybridized carbons (Fsp3) is 0.636. The third kappa shape index (κ3) is 2.33. The highest BCUT2D eigenvalue weighted by Gasteiger charge is 2.79. The first kappa shape index (κ1) is 17.2. The van der Waals surface area contributed by atoms with Crippen LogP contribution in [0.2, 0.25) is 0 Å². The lowest BCUT2D eigenvalue weighted by molar-refractivity contribution is -0.185. The zero-order valence-electron chi connectivity index (χ0n) is 16.1. The van der Waals surface area contributed by atoms with E-state index < -0.39 is 5.79 Å². The van der Waals surface area contributed by atoms with Gasteiger partial charge in [-0.3, -0.25) is 9.59 Å². The molecule has 6 atom stereocenters. The number of ether oxygens (including phenoxy) is 3. The van der Waals surface area contributed by atoms with Gasteiger partial charge >= 0.3 is 11.9 Å². The molecule has 0 radical (unpaired) electrons. The van der Waals surface area contributed by atoms with Gasteiger partial charge in [-0.15, -0.1) is 0 Å². The summed E-state index contributed by atoms with van der Waals surface area (Å²) < 4.78 is 16.9. The average molecular weight is 370 g/mol. The predicted octanol–water partition coefficient (Wildman–Crippen LogP) is 3.74. The van der Waals surface area contributed by atoms with Crippen LogP contribution in [0, 0.1) is 17.3 Å². The van der Waals surface area contributed by atoms with Gasteiger partial charge in [-0.2, -0.15) is 0 Å². The van der Waals surface area contributed by atoms with Crippen LogP contribution in [0.3, 0.4) is 0 Å². The maximum Gasteiger partial charge on any atom is 0.308 e. The van der Waals surface area contributed by atoms with Crippen molar-refractivity contribution in [3.63, 3.8) is 0 Å². The van der Waals surface area contributed by atoms with E-state index in [4.69, 9.17) is 14.2 Å². The summed E-state index contributed by atoms with van der Waals surface area (Å²) in [6, 6.07) is 6.11. The Kier molecular flexibility index (Phi) is 3.55. The molecule has 1 aliphatic heterocycles. The zero-order chi connectivity index (χ0) is 19.0. The van der Waals surface area contributed by atoms with E-state index in [0.29, 0.717) is 23.5 Å². The number of epoxide rings is 1. The summed E-state index contributed by atoms with van der Waals surface area (Å²) in [6.45, 7) is 5.18. The number of carbonyl (C=O) groups excluding carboxylic acids is 2. The van der Waals surface area contributed by atoms with Crippen molar-refractivity contribution < 1.29 is 23.8 Å². The van der Waals surface area contributed by atoms with E-state index in [-0.39, 0.29) is 23.5 Å². The van der Waals surface area contributed by atoms with Crippen LogP contribution in [0.1, 0.15) is 63.5 Å². The largest absolute Gasteiger partial charge is 0.430 e. The van der Waals surface area contributed by atoms with Crippen molar-refractivity contribution in [3.05, 3.63) is 29.3 Å². The molecule has 5 nitrogen and oxygen atoms in total. The van der Waals surface area contributed by atoms with Crippen LogP contribution in [0.25, 0.3) is 0 Å². The summed E-state index contributed by atoms with van der Waals surface area (Å²) in [5.74, 6) is 1.10. The number of carbonyl (C=O) groups is 2. The topological polar surface area (TPSA) is 65.1 Å². The smallest absolute Gasteiger partial charge is 0.308 e. The van der Waals surface area contributed by atoms with Gasteiger partial charge in [0.15, 0.2) is 0 Å². The first-order chi connectivity index (χ1) is 12.8. The lowest BCUT2D eigenvalue weighted by Crippen LogP contribution is -2.48. The number of aryl methyl sites for hydroxylation is 1. The summed E-state index contributed by atoms with van der Waals surface area (Å²) >= 11 is 0. The standard InChI is InChI=1S/C22H26O5/c1-12(23)25-15-5-7-16-14(10-15)4-6-18-17(16)8-9-21(3)19(18)11-20-22(21,27-20)26-13(2)24/h5,7,10,17-20H,4,6,8-9,11H2,1-3H3. The number of esters is 2. The number of fused-ring (bicyclic) bond motifs is 7. The van der Waals surface area contributed by atoms with Crippen LogP contribution in [-0.2, 0) is 25.5 Å². The minimum absolute atomic E-state index is 0.0721. The molecule has 6 unspecified atom stereocenters. The molecule has 3 aliphatic carbocycles. The van der Waals surface area contributed by atoms with Crippen LogP contribution in [0.5, 0.6) is 5.75 Å². The third-order valence-corrected chi connectivity index (χ3v) is 7.59. The average Bonchev–Trinajstić information content (AvgIpc) is 3.23. The van der Waals surface area contributed by atoms with Gasteiger partial charge in [0.2, 0.25) is 5.79 Å². The van der Waals surface area contributed by atoms with Gasteiger partial charge < -0.3 is 14.2 Å². The molecule has 0 N–H and O–H groups in total. The van der Waals surface area contributed by atoms with Crippen molar-refractivity contribution in [2.24, 2.45) is 17.3 Å². The van der Waals surface area contributed by atoms with Gasteiger partial charge in [0.05, 0.1) is 0 Å². The molecule has 0 bridgehead atoms. The molecule has 4 aliphatic rings. The van der Waals surface area contributed by atoms with Crippen molar-refractivity contribution in [2.45, 2.75) is 70.7 Å². The predicted molar refractivity (Wildman–Crippen MR) is 97.1 cm³/mol. The zero-order valence-corrected chi connectivity index (χ0v) is 16.1. The summed E-state index contributed by atoms with van der Waals surface area (Å²) in [5, 5.41) is 0. The van der Waals surface area contributed by atoms with Gasteiger partial charge in [0.25, 0.3) is 0 Å². The Morgan fingerprint density at radius 1 is 1.19 bits per heavy atom. The van der Waals surface area contributed by atoms with Crippen LogP contribution in [0.15, 0.2) is 18.2 Å². The van der Waals surface area contributed by atoms with Crippen LogP contribution >= 0.6 is 0 Å². The molecule has 5 heteroatoms. The van der Waals surface area contributed by atoms with E-state index in [2.05, 4.69) is 13.0 Å². The Hall–Kier alpha value is -1.88. The molecule has 0 spiro atoms. The van der Waals surface area contributed by atoms with Gasteiger partial charge in [-0.05, 0) is 73.1 Å². The van der Waals surface area contributed by atoms with Crippen LogP contribution in [-0.4, -0.2) is 23.8 Å². The molecule has 2 saturated carbocycles. The minimum Gasteiger partial charge on any atom is -0.430 e. The normalized spacial score (nSPS) is 40.9. The molecule has 1 saturated heterocycles. The molecule has 5 rings (SSSR count). The number of rotatable bonds is 2. The van der Waals surface area contributed by atoms with Gasteiger partial charge in [-0.1, -0.05) is 13.0 Å². The van der Waals surface area contributed by atoms with E-state index in [0.717, 1.165) is 32.1 Å². The molecule has 0 aromatic heterocycles. The molecule has 27 heavy (non-hydrogen) atoms. The van der Waals surface area contributed by atoms with Gasteiger partial charge in [0.1, 0.15) is 11.9 Å². The van der Waals surface area contributed by atoms with E-state index in [1.807, 2.05) is 12.1 Å². The Bertz CT molecular complexity index is 832. The maximum absolute atomic E-state index is 11.7. The van der Waals surface area contributed by atoms with Crippen molar-refractivity contribution in [1.82, 2.24) is 0 Å². The van der Waals surface area contributed by atoms with E-state index >= 15 is 0 Å². The Morgan fingerprint density at radius 3 is 2.74 bits per heavy atom. The fourth-order valence-corrected chi connectivity index (χ4v) is 6.51. The van der Waals surface area contributed by atoms with Crippen molar-refractivity contribution >= 4 is 11.9 Å². The second-order valence-corrected chi connectivity index (χ2v) is 8.93. The molecule has 1 heterocycles.